The van der Waals surface area contributed by atoms with Gasteiger partial charge in [-0.3, -0.25) is 10.1 Å². The van der Waals surface area contributed by atoms with Crippen LogP contribution in [0.3, 0.4) is 0 Å². The van der Waals surface area contributed by atoms with Gasteiger partial charge >= 0.3 is 5.97 Å². The summed E-state index contributed by atoms with van der Waals surface area (Å²) in [5, 5.41) is 9.84. The molecule has 2 atom stereocenters. The highest BCUT2D eigenvalue weighted by Gasteiger charge is 2.22. The Bertz CT molecular complexity index is 766. The third-order valence-electron chi connectivity index (χ3n) is 4.33. The second-order valence-electron chi connectivity index (χ2n) is 6.27. The van der Waals surface area contributed by atoms with Crippen LogP contribution in [-0.2, 0) is 16.0 Å². The zero-order valence-corrected chi connectivity index (χ0v) is 16.6. The molecule has 2 aromatic rings. The molecule has 154 valence electrons. The maximum Gasteiger partial charge on any atom is 0.329 e. The Balaban J connectivity index is 0.000000694. The van der Waals surface area contributed by atoms with Crippen LogP contribution in [0.15, 0.2) is 54.7 Å². The molecule has 1 aromatic heterocycles. The summed E-state index contributed by atoms with van der Waals surface area (Å²) < 4.78 is 6.94. The molecule has 1 heterocycles. The lowest BCUT2D eigenvalue weighted by atomic mass is 10.1. The Labute approximate surface area is 168 Å². The fraction of sp³-hybridized carbons (Fsp3) is 0.409. The first-order valence-electron chi connectivity index (χ1n) is 8.83. The summed E-state index contributed by atoms with van der Waals surface area (Å²) in [6.45, 7) is 7.37. The van der Waals surface area contributed by atoms with Crippen LogP contribution in [0.4, 0.5) is 0 Å². The first-order valence-corrected chi connectivity index (χ1v) is 8.83. The summed E-state index contributed by atoms with van der Waals surface area (Å²) in [5.74, 6) is -0.206. The Morgan fingerprint density at radius 2 is 1.86 bits per heavy atom. The highest BCUT2D eigenvalue weighted by Crippen LogP contribution is 2.21. The monoisotopic (exact) mass is 388 g/mol. The second kappa shape index (κ2) is 12.5. The lowest BCUT2D eigenvalue weighted by molar-refractivity contribution is -0.504. The number of benzene rings is 1. The van der Waals surface area contributed by atoms with Crippen molar-refractivity contribution in [1.29, 1.82) is 0 Å². The number of nitro groups is 1. The number of methoxy groups -OCH3 is 1. The van der Waals surface area contributed by atoms with Gasteiger partial charge in [-0.1, -0.05) is 43.8 Å². The van der Waals surface area contributed by atoms with Crippen LogP contribution < -0.4 is 0 Å². The van der Waals surface area contributed by atoms with E-state index in [1.54, 1.807) is 26.0 Å². The van der Waals surface area contributed by atoms with Crippen LogP contribution in [0.5, 0.6) is 0 Å². The summed E-state index contributed by atoms with van der Waals surface area (Å²) in [5.41, 5.74) is 3.41. The quantitative estimate of drug-likeness (QED) is 0.304. The third kappa shape index (κ3) is 7.39. The third-order valence-corrected chi connectivity index (χ3v) is 4.33. The van der Waals surface area contributed by atoms with Gasteiger partial charge < -0.3 is 9.30 Å². The number of esters is 1. The molecule has 1 aromatic carbocycles. The standard InChI is InChI=1S/C16H19NO2.C5H9NO2.CH4/c1-12-9-10-17(13(12)2)15(16(18)19-3)11-14-7-5-4-6-8-14;1-3-4-5(2)6(7)8;/h4-10,15H,11H2,1-3H3;3-5H,1-2H3;1H4/b;4-3-;. The van der Waals surface area contributed by atoms with Crippen LogP contribution in [-0.4, -0.2) is 28.6 Å². The molecule has 2 rings (SSSR count). The molecule has 0 aliphatic rings. The van der Waals surface area contributed by atoms with Crippen molar-refractivity contribution in [2.24, 2.45) is 0 Å². The van der Waals surface area contributed by atoms with Gasteiger partial charge in [0.1, 0.15) is 6.04 Å². The van der Waals surface area contributed by atoms with Crippen molar-refractivity contribution < 1.29 is 14.5 Å². The first kappa shape index (κ1) is 25.1. The molecule has 6 heteroatoms. The predicted octanol–water partition coefficient (Wildman–Crippen LogP) is 4.93. The second-order valence-corrected chi connectivity index (χ2v) is 6.27. The highest BCUT2D eigenvalue weighted by atomic mass is 16.6. The molecule has 0 amide bonds. The molecular formula is C22H32N2O4. The lowest BCUT2D eigenvalue weighted by Gasteiger charge is -2.19. The molecule has 0 aliphatic heterocycles. The highest BCUT2D eigenvalue weighted by molar-refractivity contribution is 5.74. The van der Waals surface area contributed by atoms with Gasteiger partial charge in [-0.2, -0.15) is 0 Å². The fourth-order valence-electron chi connectivity index (χ4n) is 2.58. The van der Waals surface area contributed by atoms with Crippen molar-refractivity contribution in [3.63, 3.8) is 0 Å². The molecular weight excluding hydrogens is 356 g/mol. The Morgan fingerprint density at radius 1 is 1.25 bits per heavy atom. The molecule has 0 radical (unpaired) electrons. The van der Waals surface area contributed by atoms with E-state index in [0.29, 0.717) is 6.42 Å². The fourth-order valence-corrected chi connectivity index (χ4v) is 2.58. The van der Waals surface area contributed by atoms with E-state index in [9.17, 15) is 14.9 Å². The van der Waals surface area contributed by atoms with Crippen LogP contribution >= 0.6 is 0 Å². The van der Waals surface area contributed by atoms with Gasteiger partial charge in [-0.05, 0) is 44.0 Å². The van der Waals surface area contributed by atoms with Crippen molar-refractivity contribution >= 4 is 5.97 Å². The summed E-state index contributed by atoms with van der Waals surface area (Å²) in [6, 6.07) is 11.2. The number of hydrogen-bond donors (Lipinski definition) is 0. The normalized spacial score (nSPS) is 12.3. The van der Waals surface area contributed by atoms with E-state index in [1.165, 1.54) is 12.7 Å². The van der Waals surface area contributed by atoms with Crippen LogP contribution in [0.25, 0.3) is 0 Å². The van der Waals surface area contributed by atoms with Gasteiger partial charge in [-0.25, -0.2) is 4.79 Å². The van der Waals surface area contributed by atoms with E-state index in [1.807, 2.05) is 61.0 Å². The molecule has 28 heavy (non-hydrogen) atoms. The molecule has 0 aliphatic carbocycles. The minimum Gasteiger partial charge on any atom is -0.467 e. The van der Waals surface area contributed by atoms with E-state index < -0.39 is 6.04 Å². The number of aryl methyl sites for hydroxylation is 1. The van der Waals surface area contributed by atoms with E-state index in [-0.39, 0.29) is 24.4 Å². The van der Waals surface area contributed by atoms with Gasteiger partial charge in [0.2, 0.25) is 6.04 Å². The Kier molecular flexibility index (Phi) is 11.2. The summed E-state index contributed by atoms with van der Waals surface area (Å²) in [4.78, 5) is 21.5. The number of ether oxygens (including phenoxy) is 1. The summed E-state index contributed by atoms with van der Waals surface area (Å²) >= 11 is 0. The lowest BCUT2D eigenvalue weighted by Crippen LogP contribution is -2.23. The van der Waals surface area contributed by atoms with Gasteiger partial charge in [0.25, 0.3) is 0 Å². The number of nitrogens with zero attached hydrogens (tertiary/aromatic N) is 2. The number of rotatable bonds is 6. The van der Waals surface area contributed by atoms with E-state index >= 15 is 0 Å². The number of carbonyl (C=O) groups is 1. The molecule has 0 bridgehead atoms. The summed E-state index contributed by atoms with van der Waals surface area (Å²) in [7, 11) is 1.44. The summed E-state index contributed by atoms with van der Waals surface area (Å²) in [6.07, 6.45) is 5.81. The molecule has 0 fully saturated rings. The van der Waals surface area contributed by atoms with Gasteiger partial charge in [0.15, 0.2) is 0 Å². The van der Waals surface area contributed by atoms with E-state index in [2.05, 4.69) is 0 Å². The minimum atomic E-state index is -0.542. The molecule has 0 N–H and O–H groups in total. The molecule has 6 nitrogen and oxygen atoms in total. The largest absolute Gasteiger partial charge is 0.467 e. The average Bonchev–Trinajstić information content (AvgIpc) is 2.99. The van der Waals surface area contributed by atoms with Crippen molar-refractivity contribution in [3.05, 3.63) is 81.7 Å². The molecule has 0 saturated carbocycles. The smallest absolute Gasteiger partial charge is 0.329 e. The van der Waals surface area contributed by atoms with Crippen molar-refractivity contribution in [3.8, 4) is 0 Å². The topological polar surface area (TPSA) is 74.4 Å². The zero-order valence-electron chi connectivity index (χ0n) is 16.6. The Morgan fingerprint density at radius 3 is 2.25 bits per heavy atom. The van der Waals surface area contributed by atoms with Crippen molar-refractivity contribution in [2.45, 2.75) is 53.6 Å². The van der Waals surface area contributed by atoms with E-state index in [4.69, 9.17) is 4.74 Å². The average molecular weight is 389 g/mol. The van der Waals surface area contributed by atoms with Gasteiger partial charge in [0, 0.05) is 30.2 Å². The van der Waals surface area contributed by atoms with E-state index in [0.717, 1.165) is 11.3 Å². The molecule has 0 spiro atoms. The van der Waals surface area contributed by atoms with Gasteiger partial charge in [-0.15, -0.1) is 0 Å². The first-order chi connectivity index (χ1) is 12.8. The molecule has 2 unspecified atom stereocenters. The number of aromatic nitrogens is 1. The Hall–Kier alpha value is -2.89. The van der Waals surface area contributed by atoms with Crippen molar-refractivity contribution in [2.75, 3.05) is 7.11 Å². The maximum atomic E-state index is 12.0. The maximum absolute atomic E-state index is 12.0. The van der Waals surface area contributed by atoms with Crippen LogP contribution in [0.2, 0.25) is 0 Å². The van der Waals surface area contributed by atoms with Crippen molar-refractivity contribution in [1.82, 2.24) is 4.57 Å². The number of hydrogen-bond acceptors (Lipinski definition) is 4. The zero-order chi connectivity index (χ0) is 20.4. The number of allylic oxidation sites excluding steroid dienone is 1. The van der Waals surface area contributed by atoms with Crippen LogP contribution in [0, 0.1) is 24.0 Å². The van der Waals surface area contributed by atoms with Crippen LogP contribution in [0.1, 0.15) is 44.1 Å². The van der Waals surface area contributed by atoms with Gasteiger partial charge in [0.05, 0.1) is 7.11 Å². The SMILES string of the molecule is C.C/C=C\C(C)[N+](=O)[O-].COC(=O)C(Cc1ccccc1)n1ccc(C)c1C. The number of carbonyl (C=O) groups excluding carboxylic acids is 1. The minimum absolute atomic E-state index is 0. The molecule has 0 saturated heterocycles. The predicted molar refractivity (Wildman–Crippen MR) is 113 cm³/mol.